The fourth-order valence-electron chi connectivity index (χ4n) is 5.21. The Morgan fingerprint density at radius 3 is 1.64 bits per heavy atom. The van der Waals surface area contributed by atoms with Gasteiger partial charge >= 0.3 is 0 Å². The predicted molar refractivity (Wildman–Crippen MR) is 166 cm³/mol. The molecular weight excluding hydrogens is 580 g/mol. The first-order valence-corrected chi connectivity index (χ1v) is 14.5. The van der Waals surface area contributed by atoms with E-state index in [1.807, 2.05) is 39.8 Å². The van der Waals surface area contributed by atoms with Crippen molar-refractivity contribution >= 4 is 43.7 Å². The molecule has 0 spiro atoms. The minimum Gasteiger partial charge on any atom is -0.355 e. The molecule has 2 aliphatic carbocycles. The van der Waals surface area contributed by atoms with Crippen LogP contribution in [0, 0.1) is 35.5 Å². The maximum Gasteiger partial charge on any atom is 0.236 e. The van der Waals surface area contributed by atoms with Crippen molar-refractivity contribution in [2.24, 2.45) is 35.5 Å². The number of hydrogen-bond acceptors (Lipinski definition) is 2. The molecule has 36 heavy (non-hydrogen) atoms. The molecule has 4 nitrogen and oxygen atoms in total. The summed E-state index contributed by atoms with van der Waals surface area (Å²) in [5.74, 6) is 4.07. The molecule has 0 radical (unpaired) electrons. The van der Waals surface area contributed by atoms with Gasteiger partial charge in [-0.05, 0) is 88.9 Å². The van der Waals surface area contributed by atoms with Crippen LogP contribution in [0.4, 0.5) is 0 Å². The molecule has 2 N–H and O–H groups in total. The van der Waals surface area contributed by atoms with E-state index in [2.05, 4.69) is 69.5 Å². The second kappa shape index (κ2) is 17.1. The van der Waals surface area contributed by atoms with Crippen molar-refractivity contribution in [3.63, 3.8) is 0 Å². The number of carbonyl (C=O) groups is 2. The van der Waals surface area contributed by atoms with Crippen LogP contribution in [0.2, 0.25) is 0 Å². The summed E-state index contributed by atoms with van der Waals surface area (Å²) in [4.78, 5) is 23.6. The van der Waals surface area contributed by atoms with Crippen molar-refractivity contribution < 1.29 is 9.59 Å². The van der Waals surface area contributed by atoms with Crippen LogP contribution in [0.5, 0.6) is 0 Å². The predicted octanol–water partition coefficient (Wildman–Crippen LogP) is 8.30. The lowest BCUT2D eigenvalue weighted by Crippen LogP contribution is -2.40. The molecule has 0 bridgehead atoms. The standard InChI is InChI=1S/C14H26BrNO.C14H22BrNO.2CH4/c2*1-5-10-7-11(6-2)12(8-10)9-16-13(17)14(3,4)15;;/h10-12H,5-9H2,1-4H3,(H,16,17);5-6,10-12H,1-2,7-9H2,3-4H3,(H,16,17);2*1H4. The van der Waals surface area contributed by atoms with E-state index in [4.69, 9.17) is 0 Å². The summed E-state index contributed by atoms with van der Waals surface area (Å²) in [5, 5.41) is 6.09. The molecule has 2 saturated carbocycles. The van der Waals surface area contributed by atoms with Crippen LogP contribution in [0.1, 0.15) is 94.9 Å². The van der Waals surface area contributed by atoms with Crippen molar-refractivity contribution in [1.82, 2.24) is 10.6 Å². The van der Waals surface area contributed by atoms with Crippen LogP contribution in [0.15, 0.2) is 25.3 Å². The topological polar surface area (TPSA) is 58.2 Å². The third kappa shape index (κ3) is 12.3. The summed E-state index contributed by atoms with van der Waals surface area (Å²) in [7, 11) is 0. The molecule has 6 unspecified atom stereocenters. The summed E-state index contributed by atoms with van der Waals surface area (Å²) >= 11 is 6.76. The lowest BCUT2D eigenvalue weighted by atomic mass is 9.93. The minimum absolute atomic E-state index is 0. The lowest BCUT2D eigenvalue weighted by molar-refractivity contribution is -0.123. The van der Waals surface area contributed by atoms with E-state index >= 15 is 0 Å². The largest absolute Gasteiger partial charge is 0.355 e. The van der Waals surface area contributed by atoms with Gasteiger partial charge in [0.25, 0.3) is 0 Å². The first kappa shape index (κ1) is 37.5. The van der Waals surface area contributed by atoms with E-state index < -0.39 is 8.65 Å². The summed E-state index contributed by atoms with van der Waals surface area (Å²) in [6.45, 7) is 21.4. The number of alkyl halides is 2. The number of nitrogens with one attached hydrogen (secondary N) is 2. The monoisotopic (exact) mass is 634 g/mol. The van der Waals surface area contributed by atoms with Gasteiger partial charge in [0.1, 0.15) is 0 Å². The third-order valence-electron chi connectivity index (χ3n) is 7.59. The Hall–Kier alpha value is -0.620. The molecule has 2 rings (SSSR count). The Bertz CT molecular complexity index is 681. The van der Waals surface area contributed by atoms with Crippen LogP contribution >= 0.6 is 31.9 Å². The van der Waals surface area contributed by atoms with Crippen LogP contribution in [0.3, 0.4) is 0 Å². The van der Waals surface area contributed by atoms with Gasteiger partial charge in [-0.1, -0.05) is 85.6 Å². The Morgan fingerprint density at radius 2 is 1.25 bits per heavy atom. The first-order chi connectivity index (χ1) is 15.8. The van der Waals surface area contributed by atoms with Crippen LogP contribution in [-0.2, 0) is 9.59 Å². The average molecular weight is 637 g/mol. The molecule has 0 saturated heterocycles. The van der Waals surface area contributed by atoms with Crippen molar-refractivity contribution in [3.8, 4) is 0 Å². The molecule has 2 amide bonds. The van der Waals surface area contributed by atoms with Crippen molar-refractivity contribution in [2.75, 3.05) is 13.1 Å². The third-order valence-corrected chi connectivity index (χ3v) is 8.31. The molecule has 0 aromatic heterocycles. The highest BCUT2D eigenvalue weighted by atomic mass is 79.9. The molecule has 0 aromatic carbocycles. The van der Waals surface area contributed by atoms with Gasteiger partial charge in [-0.2, -0.15) is 0 Å². The van der Waals surface area contributed by atoms with Gasteiger partial charge in [-0.25, -0.2) is 0 Å². The van der Waals surface area contributed by atoms with Crippen LogP contribution < -0.4 is 10.6 Å². The maximum absolute atomic E-state index is 11.8. The molecule has 0 aliphatic heterocycles. The second-order valence-corrected chi connectivity index (χ2v) is 15.1. The van der Waals surface area contributed by atoms with E-state index in [-0.39, 0.29) is 26.7 Å². The molecule has 6 atom stereocenters. The van der Waals surface area contributed by atoms with E-state index in [9.17, 15) is 9.59 Å². The van der Waals surface area contributed by atoms with E-state index in [0.29, 0.717) is 23.7 Å². The Labute approximate surface area is 240 Å². The highest BCUT2D eigenvalue weighted by Crippen LogP contribution is 2.39. The number of allylic oxidation sites excluding steroid dienone is 2. The lowest BCUT2D eigenvalue weighted by Gasteiger charge is -2.21. The van der Waals surface area contributed by atoms with Gasteiger partial charge < -0.3 is 10.6 Å². The van der Waals surface area contributed by atoms with E-state index in [1.165, 1.54) is 25.7 Å². The zero-order valence-electron chi connectivity index (χ0n) is 22.3. The zero-order chi connectivity index (χ0) is 26.1. The highest BCUT2D eigenvalue weighted by molar-refractivity contribution is 9.10. The summed E-state index contributed by atoms with van der Waals surface area (Å²) in [6, 6.07) is 0. The second-order valence-electron chi connectivity index (χ2n) is 11.2. The normalized spacial score (nSPS) is 27.4. The SMILES string of the molecule is C.C.C=CC1CC(C=C)C(CNC(=O)C(C)(C)Br)C1.CCC1CC(CC)C(CNC(=O)C(C)(C)Br)C1. The molecule has 2 aliphatic rings. The molecular formula is C30H56Br2N2O2. The van der Waals surface area contributed by atoms with Crippen molar-refractivity contribution in [3.05, 3.63) is 25.3 Å². The Balaban J connectivity index is 0. The quantitative estimate of drug-likeness (QED) is 0.187. The van der Waals surface area contributed by atoms with Crippen LogP contribution in [0.25, 0.3) is 0 Å². The Morgan fingerprint density at radius 1 is 0.778 bits per heavy atom. The Kier molecular flexibility index (Phi) is 17.8. The van der Waals surface area contributed by atoms with E-state index in [0.717, 1.165) is 37.8 Å². The zero-order valence-corrected chi connectivity index (χ0v) is 25.4. The average Bonchev–Trinajstić information content (AvgIpc) is 3.37. The number of halogens is 2. The van der Waals surface area contributed by atoms with Crippen molar-refractivity contribution in [2.45, 2.75) is 104 Å². The number of rotatable bonds is 10. The minimum atomic E-state index is -0.493. The summed E-state index contributed by atoms with van der Waals surface area (Å²) in [6.07, 6.45) is 11.4. The molecule has 0 heterocycles. The van der Waals surface area contributed by atoms with Gasteiger partial charge in [-0.3, -0.25) is 9.59 Å². The number of hydrogen-bond donors (Lipinski definition) is 2. The van der Waals surface area contributed by atoms with Crippen LogP contribution in [-0.4, -0.2) is 33.6 Å². The van der Waals surface area contributed by atoms with Gasteiger partial charge in [0.15, 0.2) is 0 Å². The summed E-state index contributed by atoms with van der Waals surface area (Å²) < 4.78 is -0.940. The molecule has 6 heteroatoms. The van der Waals surface area contributed by atoms with E-state index in [1.54, 1.807) is 0 Å². The number of amides is 2. The van der Waals surface area contributed by atoms with Gasteiger partial charge in [-0.15, -0.1) is 13.2 Å². The smallest absolute Gasteiger partial charge is 0.236 e. The highest BCUT2D eigenvalue weighted by Gasteiger charge is 2.34. The number of carbonyl (C=O) groups excluding carboxylic acids is 2. The fraction of sp³-hybridized carbons (Fsp3) is 0.800. The van der Waals surface area contributed by atoms with Gasteiger partial charge in [0.05, 0.1) is 8.65 Å². The summed E-state index contributed by atoms with van der Waals surface area (Å²) in [5.41, 5.74) is 0. The van der Waals surface area contributed by atoms with Crippen molar-refractivity contribution in [1.29, 1.82) is 0 Å². The molecule has 2 fully saturated rings. The maximum atomic E-state index is 11.8. The first-order valence-electron chi connectivity index (χ1n) is 13.0. The molecule has 212 valence electrons. The van der Waals surface area contributed by atoms with Gasteiger partial charge in [0.2, 0.25) is 11.8 Å². The fourth-order valence-corrected chi connectivity index (χ4v) is 5.49. The molecule has 0 aromatic rings. The van der Waals surface area contributed by atoms with Gasteiger partial charge in [0, 0.05) is 13.1 Å².